The quantitative estimate of drug-likeness (QED) is 0.818. The Labute approximate surface area is 99.2 Å². The summed E-state index contributed by atoms with van der Waals surface area (Å²) in [6.07, 6.45) is 0. The molecular weight excluding hydrogens is 221 g/mol. The summed E-state index contributed by atoms with van der Waals surface area (Å²) in [5.74, 6) is -1.02. The first-order valence-corrected chi connectivity index (χ1v) is 5.10. The number of carbonyl (C=O) groups is 1. The molecule has 3 N–H and O–H groups in total. The molecule has 0 aliphatic carbocycles. The molecule has 0 spiro atoms. The van der Waals surface area contributed by atoms with Crippen LogP contribution in [0.15, 0.2) is 18.2 Å². The molecular formula is C12H14FN3O. The molecule has 0 saturated heterocycles. The van der Waals surface area contributed by atoms with E-state index in [1.54, 1.807) is 26.0 Å². The molecule has 1 amide bonds. The number of benzene rings is 1. The van der Waals surface area contributed by atoms with E-state index in [2.05, 4.69) is 5.32 Å². The Hall–Kier alpha value is -1.93. The van der Waals surface area contributed by atoms with Crippen molar-refractivity contribution in [1.29, 1.82) is 5.26 Å². The van der Waals surface area contributed by atoms with Gasteiger partial charge in [0.25, 0.3) is 0 Å². The highest BCUT2D eigenvalue weighted by molar-refractivity contribution is 5.83. The third-order valence-corrected chi connectivity index (χ3v) is 2.50. The van der Waals surface area contributed by atoms with Gasteiger partial charge in [-0.05, 0) is 31.5 Å². The molecule has 1 rings (SSSR count). The molecule has 4 nitrogen and oxygen atoms in total. The zero-order valence-corrected chi connectivity index (χ0v) is 9.75. The zero-order chi connectivity index (χ0) is 13.1. The van der Waals surface area contributed by atoms with Gasteiger partial charge in [-0.15, -0.1) is 0 Å². The number of amides is 1. The molecule has 0 aromatic heterocycles. The van der Waals surface area contributed by atoms with Gasteiger partial charge in [0.05, 0.1) is 11.1 Å². The highest BCUT2D eigenvalue weighted by Gasteiger charge is 2.23. The number of rotatable bonds is 4. The van der Waals surface area contributed by atoms with E-state index in [-0.39, 0.29) is 5.56 Å². The highest BCUT2D eigenvalue weighted by atomic mass is 19.1. The van der Waals surface area contributed by atoms with Gasteiger partial charge >= 0.3 is 0 Å². The maximum absolute atomic E-state index is 13.1. The van der Waals surface area contributed by atoms with Crippen molar-refractivity contribution in [2.75, 3.05) is 0 Å². The van der Waals surface area contributed by atoms with E-state index in [0.29, 0.717) is 6.54 Å². The van der Waals surface area contributed by atoms with Crippen molar-refractivity contribution >= 4 is 5.91 Å². The van der Waals surface area contributed by atoms with Gasteiger partial charge in [0.1, 0.15) is 11.9 Å². The molecule has 0 heterocycles. The van der Waals surface area contributed by atoms with Gasteiger partial charge in [-0.25, -0.2) is 4.39 Å². The van der Waals surface area contributed by atoms with Crippen LogP contribution in [0, 0.1) is 17.1 Å². The van der Waals surface area contributed by atoms with E-state index in [4.69, 9.17) is 11.0 Å². The molecule has 0 saturated carbocycles. The predicted octanol–water partition coefficient (Wildman–Crippen LogP) is 1.05. The summed E-state index contributed by atoms with van der Waals surface area (Å²) >= 11 is 0. The van der Waals surface area contributed by atoms with Crippen LogP contribution in [0.3, 0.4) is 0 Å². The highest BCUT2D eigenvalue weighted by Crippen LogP contribution is 2.11. The van der Waals surface area contributed by atoms with Crippen LogP contribution in [0.5, 0.6) is 0 Å². The molecule has 0 bridgehead atoms. The SMILES string of the molecule is CC(C)(NCc1ccc(F)c(C#N)c1)C(N)=O. The van der Waals surface area contributed by atoms with Crippen molar-refractivity contribution in [1.82, 2.24) is 5.32 Å². The largest absolute Gasteiger partial charge is 0.368 e. The zero-order valence-electron chi connectivity index (χ0n) is 9.75. The minimum atomic E-state index is -0.846. The topological polar surface area (TPSA) is 78.9 Å². The Morgan fingerprint density at radius 3 is 2.76 bits per heavy atom. The molecule has 0 fully saturated rings. The normalized spacial score (nSPS) is 10.9. The number of hydrogen-bond donors (Lipinski definition) is 2. The molecule has 1 aromatic carbocycles. The molecule has 90 valence electrons. The molecule has 0 aliphatic rings. The molecule has 17 heavy (non-hydrogen) atoms. The van der Waals surface area contributed by atoms with E-state index < -0.39 is 17.3 Å². The minimum Gasteiger partial charge on any atom is -0.368 e. The maximum atomic E-state index is 13.1. The summed E-state index contributed by atoms with van der Waals surface area (Å²) in [6.45, 7) is 3.65. The first-order valence-electron chi connectivity index (χ1n) is 5.10. The standard InChI is InChI=1S/C12H14FN3O/c1-12(2,11(15)17)16-7-8-3-4-10(13)9(5-8)6-14/h3-5,16H,7H2,1-2H3,(H2,15,17). The summed E-state index contributed by atoms with van der Waals surface area (Å²) in [4.78, 5) is 11.1. The van der Waals surface area contributed by atoms with Crippen molar-refractivity contribution in [2.24, 2.45) is 5.73 Å². The second-order valence-electron chi connectivity index (χ2n) is 4.27. The average Bonchev–Trinajstić information content (AvgIpc) is 2.28. The summed E-state index contributed by atoms with van der Waals surface area (Å²) < 4.78 is 13.1. The van der Waals surface area contributed by atoms with Crippen molar-refractivity contribution in [3.8, 4) is 6.07 Å². The molecule has 1 aromatic rings. The van der Waals surface area contributed by atoms with E-state index in [0.717, 1.165) is 5.56 Å². The summed E-state index contributed by atoms with van der Waals surface area (Å²) in [5, 5.41) is 11.6. The number of carbonyl (C=O) groups excluding carboxylic acids is 1. The van der Waals surface area contributed by atoms with Crippen molar-refractivity contribution < 1.29 is 9.18 Å². The second-order valence-corrected chi connectivity index (χ2v) is 4.27. The van der Waals surface area contributed by atoms with Crippen molar-refractivity contribution in [3.63, 3.8) is 0 Å². The van der Waals surface area contributed by atoms with Crippen LogP contribution in [-0.2, 0) is 11.3 Å². The van der Waals surface area contributed by atoms with Gasteiger partial charge in [0, 0.05) is 6.54 Å². The smallest absolute Gasteiger partial charge is 0.237 e. The van der Waals surface area contributed by atoms with Gasteiger partial charge in [-0.1, -0.05) is 6.07 Å². The lowest BCUT2D eigenvalue weighted by molar-refractivity contribution is -0.123. The Morgan fingerprint density at radius 2 is 2.24 bits per heavy atom. The van der Waals surface area contributed by atoms with Gasteiger partial charge < -0.3 is 5.73 Å². The lowest BCUT2D eigenvalue weighted by Crippen LogP contribution is -2.50. The van der Waals surface area contributed by atoms with E-state index in [9.17, 15) is 9.18 Å². The molecule has 5 heteroatoms. The predicted molar refractivity (Wildman–Crippen MR) is 61.2 cm³/mol. The fraction of sp³-hybridized carbons (Fsp3) is 0.333. The molecule has 0 aliphatic heterocycles. The number of nitrogens with zero attached hydrogens (tertiary/aromatic N) is 1. The Balaban J connectivity index is 2.78. The summed E-state index contributed by atoms with van der Waals surface area (Å²) in [5.41, 5.74) is 5.06. The van der Waals surface area contributed by atoms with Crippen LogP contribution in [0.25, 0.3) is 0 Å². The first kappa shape index (κ1) is 13.1. The monoisotopic (exact) mass is 235 g/mol. The van der Waals surface area contributed by atoms with Crippen LogP contribution in [0.1, 0.15) is 25.0 Å². The number of nitriles is 1. The van der Waals surface area contributed by atoms with Gasteiger partial charge in [-0.3, -0.25) is 10.1 Å². The van der Waals surface area contributed by atoms with Crippen LogP contribution >= 0.6 is 0 Å². The second kappa shape index (κ2) is 4.93. The molecule has 0 unspecified atom stereocenters. The van der Waals surface area contributed by atoms with E-state index >= 15 is 0 Å². The van der Waals surface area contributed by atoms with Crippen LogP contribution in [-0.4, -0.2) is 11.4 Å². The van der Waals surface area contributed by atoms with E-state index in [1.165, 1.54) is 12.1 Å². The number of hydrogen-bond acceptors (Lipinski definition) is 3. The van der Waals surface area contributed by atoms with Crippen molar-refractivity contribution in [3.05, 3.63) is 35.1 Å². The van der Waals surface area contributed by atoms with Gasteiger partial charge in [-0.2, -0.15) is 5.26 Å². The number of nitrogens with one attached hydrogen (secondary N) is 1. The third kappa shape index (κ3) is 3.26. The summed E-state index contributed by atoms with van der Waals surface area (Å²) in [6, 6.07) is 5.99. The third-order valence-electron chi connectivity index (χ3n) is 2.50. The maximum Gasteiger partial charge on any atom is 0.237 e. The lowest BCUT2D eigenvalue weighted by atomic mass is 10.0. The number of nitrogens with two attached hydrogens (primary N) is 1. The van der Waals surface area contributed by atoms with Gasteiger partial charge in [0.15, 0.2) is 0 Å². The average molecular weight is 235 g/mol. The van der Waals surface area contributed by atoms with Crippen LogP contribution in [0.4, 0.5) is 4.39 Å². The molecule has 0 atom stereocenters. The van der Waals surface area contributed by atoms with E-state index in [1.807, 2.05) is 0 Å². The molecule has 0 radical (unpaired) electrons. The fourth-order valence-electron chi connectivity index (χ4n) is 1.18. The van der Waals surface area contributed by atoms with Crippen LogP contribution < -0.4 is 11.1 Å². The Bertz CT molecular complexity index is 477. The fourth-order valence-corrected chi connectivity index (χ4v) is 1.18. The number of primary amides is 1. The Kier molecular flexibility index (Phi) is 3.81. The number of halogens is 1. The lowest BCUT2D eigenvalue weighted by Gasteiger charge is -2.22. The van der Waals surface area contributed by atoms with Crippen LogP contribution in [0.2, 0.25) is 0 Å². The van der Waals surface area contributed by atoms with Gasteiger partial charge in [0.2, 0.25) is 5.91 Å². The Morgan fingerprint density at radius 1 is 1.59 bits per heavy atom. The summed E-state index contributed by atoms with van der Waals surface area (Å²) in [7, 11) is 0. The van der Waals surface area contributed by atoms with Crippen molar-refractivity contribution in [2.45, 2.75) is 25.9 Å². The minimum absolute atomic E-state index is 0.0128. The first-order chi connectivity index (χ1) is 7.86.